The molecule has 0 aliphatic rings. The minimum Gasteiger partial charge on any atom is -0.467 e. The van der Waals surface area contributed by atoms with Crippen LogP contribution in [0.2, 0.25) is 0 Å². The molecule has 0 fully saturated rings. The van der Waals surface area contributed by atoms with Crippen molar-refractivity contribution in [3.05, 3.63) is 35.4 Å². The van der Waals surface area contributed by atoms with Crippen molar-refractivity contribution in [2.24, 2.45) is 5.92 Å². The molecule has 0 saturated heterocycles. The molecule has 1 amide bonds. The van der Waals surface area contributed by atoms with Crippen LogP contribution in [0.1, 0.15) is 36.2 Å². The number of halogens is 1. The van der Waals surface area contributed by atoms with Gasteiger partial charge in [0.2, 0.25) is 0 Å². The Hall–Kier alpha value is -1.36. The topological polar surface area (TPSA) is 55.4 Å². The molecule has 0 aromatic heterocycles. The summed E-state index contributed by atoms with van der Waals surface area (Å²) in [5.41, 5.74) is 1.63. The normalized spacial score (nSPS) is 12.1. The van der Waals surface area contributed by atoms with E-state index in [1.807, 2.05) is 26.0 Å². The lowest BCUT2D eigenvalue weighted by Gasteiger charge is -2.18. The summed E-state index contributed by atoms with van der Waals surface area (Å²) in [6.45, 7) is 3.99. The van der Waals surface area contributed by atoms with Crippen molar-refractivity contribution in [3.63, 3.8) is 0 Å². The van der Waals surface area contributed by atoms with Crippen LogP contribution >= 0.6 is 15.9 Å². The standard InChI is InChI=1S/C15H20BrNO3/c1-10(2)8-13(15(19)20-3)17-14(18)12-6-4-11(9-16)5-7-12/h4-7,10,13H,8-9H2,1-3H3,(H,17,18). The molecule has 0 bridgehead atoms. The summed E-state index contributed by atoms with van der Waals surface area (Å²) in [6, 6.07) is 6.63. The lowest BCUT2D eigenvalue weighted by Crippen LogP contribution is -2.42. The SMILES string of the molecule is COC(=O)C(CC(C)C)NC(=O)c1ccc(CBr)cc1. The van der Waals surface area contributed by atoms with Crippen LogP contribution < -0.4 is 5.32 Å². The number of hydrogen-bond donors (Lipinski definition) is 1. The Kier molecular flexibility index (Phi) is 6.71. The van der Waals surface area contributed by atoms with E-state index in [9.17, 15) is 9.59 Å². The number of rotatable bonds is 6. The summed E-state index contributed by atoms with van der Waals surface area (Å²) >= 11 is 3.35. The van der Waals surface area contributed by atoms with Gasteiger partial charge in [0.25, 0.3) is 5.91 Å². The molecular formula is C15H20BrNO3. The number of carbonyl (C=O) groups excluding carboxylic acids is 2. The van der Waals surface area contributed by atoms with Gasteiger partial charge < -0.3 is 10.1 Å². The second-order valence-electron chi connectivity index (χ2n) is 5.01. The zero-order chi connectivity index (χ0) is 15.1. The summed E-state index contributed by atoms with van der Waals surface area (Å²) in [6.07, 6.45) is 0.553. The molecule has 1 N–H and O–H groups in total. The van der Waals surface area contributed by atoms with Crippen LogP contribution in [0, 0.1) is 5.92 Å². The van der Waals surface area contributed by atoms with Gasteiger partial charge in [0.15, 0.2) is 0 Å². The summed E-state index contributed by atoms with van der Waals surface area (Å²) < 4.78 is 4.73. The first-order valence-corrected chi connectivity index (χ1v) is 7.63. The maximum atomic E-state index is 12.1. The number of amides is 1. The van der Waals surface area contributed by atoms with E-state index in [2.05, 4.69) is 21.2 Å². The second kappa shape index (κ2) is 8.04. The van der Waals surface area contributed by atoms with Crippen LogP contribution in [0.25, 0.3) is 0 Å². The Labute approximate surface area is 128 Å². The largest absolute Gasteiger partial charge is 0.467 e. The summed E-state index contributed by atoms with van der Waals surface area (Å²) in [7, 11) is 1.33. The van der Waals surface area contributed by atoms with E-state index in [-0.39, 0.29) is 11.8 Å². The number of esters is 1. The van der Waals surface area contributed by atoms with Gasteiger partial charge in [-0.15, -0.1) is 0 Å². The zero-order valence-corrected chi connectivity index (χ0v) is 13.6. The van der Waals surface area contributed by atoms with Crippen LogP contribution in [0.5, 0.6) is 0 Å². The van der Waals surface area contributed by atoms with Crippen LogP contribution in [0.4, 0.5) is 0 Å². The fraction of sp³-hybridized carbons (Fsp3) is 0.467. The highest BCUT2D eigenvalue weighted by Crippen LogP contribution is 2.10. The molecule has 5 heteroatoms. The molecule has 1 rings (SSSR count). The van der Waals surface area contributed by atoms with Crippen molar-refractivity contribution in [1.29, 1.82) is 0 Å². The predicted octanol–water partition coefficient (Wildman–Crippen LogP) is 2.90. The molecule has 1 unspecified atom stereocenters. The summed E-state index contributed by atoms with van der Waals surface area (Å²) in [4.78, 5) is 23.8. The first-order valence-electron chi connectivity index (χ1n) is 6.51. The van der Waals surface area contributed by atoms with Crippen LogP contribution in [-0.2, 0) is 14.9 Å². The number of nitrogens with one attached hydrogen (secondary N) is 1. The average molecular weight is 342 g/mol. The summed E-state index contributed by atoms with van der Waals surface area (Å²) in [5.74, 6) is -0.388. The lowest BCUT2D eigenvalue weighted by molar-refractivity contribution is -0.143. The fourth-order valence-electron chi connectivity index (χ4n) is 1.81. The highest BCUT2D eigenvalue weighted by molar-refractivity contribution is 9.08. The second-order valence-corrected chi connectivity index (χ2v) is 5.57. The van der Waals surface area contributed by atoms with Gasteiger partial charge in [0.05, 0.1) is 7.11 Å². The van der Waals surface area contributed by atoms with Crippen molar-refractivity contribution in [2.75, 3.05) is 7.11 Å². The molecule has 0 saturated carbocycles. The Morgan fingerprint density at radius 1 is 1.25 bits per heavy atom. The van der Waals surface area contributed by atoms with Crippen molar-refractivity contribution < 1.29 is 14.3 Å². The third-order valence-corrected chi connectivity index (χ3v) is 3.52. The zero-order valence-electron chi connectivity index (χ0n) is 12.0. The smallest absolute Gasteiger partial charge is 0.328 e. The third kappa shape index (κ3) is 4.96. The maximum absolute atomic E-state index is 12.1. The molecule has 0 spiro atoms. The van der Waals surface area contributed by atoms with Gasteiger partial charge >= 0.3 is 5.97 Å². The van der Waals surface area contributed by atoms with E-state index in [1.54, 1.807) is 12.1 Å². The Morgan fingerprint density at radius 3 is 2.30 bits per heavy atom. The molecule has 1 aromatic rings. The van der Waals surface area contributed by atoms with Gasteiger partial charge in [-0.1, -0.05) is 41.9 Å². The molecule has 0 heterocycles. The van der Waals surface area contributed by atoms with E-state index < -0.39 is 12.0 Å². The minimum absolute atomic E-state index is 0.262. The molecule has 0 radical (unpaired) electrons. The van der Waals surface area contributed by atoms with Gasteiger partial charge in [-0.25, -0.2) is 4.79 Å². The molecule has 4 nitrogen and oxygen atoms in total. The Balaban J connectivity index is 2.76. The van der Waals surface area contributed by atoms with Gasteiger partial charge in [-0.2, -0.15) is 0 Å². The molecule has 0 aliphatic heterocycles. The van der Waals surface area contributed by atoms with Crippen molar-refractivity contribution >= 4 is 27.8 Å². The van der Waals surface area contributed by atoms with Crippen LogP contribution in [0.3, 0.4) is 0 Å². The first-order chi connectivity index (χ1) is 9.47. The highest BCUT2D eigenvalue weighted by Gasteiger charge is 2.23. The number of alkyl halides is 1. The van der Waals surface area contributed by atoms with Gasteiger partial charge in [-0.05, 0) is 30.0 Å². The first kappa shape index (κ1) is 16.7. The van der Waals surface area contributed by atoms with Gasteiger partial charge in [0.1, 0.15) is 6.04 Å². The minimum atomic E-state index is -0.608. The Morgan fingerprint density at radius 2 is 1.85 bits per heavy atom. The molecule has 110 valence electrons. The van der Waals surface area contributed by atoms with E-state index in [4.69, 9.17) is 4.74 Å². The number of benzene rings is 1. The van der Waals surface area contributed by atoms with E-state index in [1.165, 1.54) is 7.11 Å². The van der Waals surface area contributed by atoms with Crippen molar-refractivity contribution in [3.8, 4) is 0 Å². The van der Waals surface area contributed by atoms with E-state index >= 15 is 0 Å². The van der Waals surface area contributed by atoms with Gasteiger partial charge in [-0.3, -0.25) is 4.79 Å². The molecular weight excluding hydrogens is 322 g/mol. The van der Waals surface area contributed by atoms with Crippen molar-refractivity contribution in [1.82, 2.24) is 5.32 Å². The Bertz CT molecular complexity index is 457. The van der Waals surface area contributed by atoms with Gasteiger partial charge in [0, 0.05) is 10.9 Å². The average Bonchev–Trinajstić information content (AvgIpc) is 2.45. The number of carbonyl (C=O) groups is 2. The number of methoxy groups -OCH3 is 1. The maximum Gasteiger partial charge on any atom is 0.328 e. The molecule has 1 atom stereocenters. The molecule has 1 aromatic carbocycles. The number of hydrogen-bond acceptors (Lipinski definition) is 3. The van der Waals surface area contributed by atoms with E-state index in [0.717, 1.165) is 10.9 Å². The van der Waals surface area contributed by atoms with Crippen LogP contribution in [0.15, 0.2) is 24.3 Å². The monoisotopic (exact) mass is 341 g/mol. The lowest BCUT2D eigenvalue weighted by atomic mass is 10.0. The van der Waals surface area contributed by atoms with E-state index in [0.29, 0.717) is 12.0 Å². The molecule has 20 heavy (non-hydrogen) atoms. The highest BCUT2D eigenvalue weighted by atomic mass is 79.9. The summed E-state index contributed by atoms with van der Waals surface area (Å²) in [5, 5.41) is 3.47. The third-order valence-electron chi connectivity index (χ3n) is 2.87. The van der Waals surface area contributed by atoms with Crippen LogP contribution in [-0.4, -0.2) is 25.0 Å². The molecule has 0 aliphatic carbocycles. The number of ether oxygens (including phenoxy) is 1. The fourth-order valence-corrected chi connectivity index (χ4v) is 2.19. The van der Waals surface area contributed by atoms with Crippen molar-refractivity contribution in [2.45, 2.75) is 31.6 Å². The predicted molar refractivity (Wildman–Crippen MR) is 81.8 cm³/mol. The quantitative estimate of drug-likeness (QED) is 0.639.